The molecule has 2 saturated heterocycles. The molecule has 4 aliphatic rings. The number of benzene rings is 3. The molecule has 0 unspecified atom stereocenters. The summed E-state index contributed by atoms with van der Waals surface area (Å²) in [5.41, 5.74) is 1.28. The Labute approximate surface area is 291 Å². The molecule has 3 aromatic carbocycles. The highest BCUT2D eigenvalue weighted by atomic mass is 32.2. The molecule has 0 aliphatic carbocycles. The van der Waals surface area contributed by atoms with E-state index < -0.39 is 11.6 Å². The highest BCUT2D eigenvalue weighted by Gasteiger charge is 2.53. The van der Waals surface area contributed by atoms with E-state index in [9.17, 15) is 29.4 Å². The second kappa shape index (κ2) is 15.1. The molecule has 0 saturated carbocycles. The fourth-order valence-corrected chi connectivity index (χ4v) is 8.17. The Kier molecular flexibility index (Phi) is 11.1. The number of ketones is 2. The lowest BCUT2D eigenvalue weighted by Crippen LogP contribution is -2.32. The Morgan fingerprint density at radius 1 is 0.898 bits per heavy atom. The molecule has 260 valence electrons. The lowest BCUT2D eigenvalue weighted by molar-refractivity contribution is -0.122. The molecule has 3 N–H and O–H groups in total. The average Bonchev–Trinajstić information content (AvgIpc) is 3.70. The lowest BCUT2D eigenvalue weighted by atomic mass is 9.77. The lowest BCUT2D eigenvalue weighted by Gasteiger charge is -2.36. The summed E-state index contributed by atoms with van der Waals surface area (Å²) in [7, 11) is 0. The molecule has 1 spiro atoms. The maximum Gasteiger partial charge on any atom is 0.340 e. The molecule has 0 bridgehead atoms. The van der Waals surface area contributed by atoms with Crippen molar-refractivity contribution in [2.45, 2.75) is 83.6 Å². The average molecular weight is 688 g/mol. The van der Waals surface area contributed by atoms with E-state index in [1.54, 1.807) is 31.2 Å². The minimum absolute atomic E-state index is 0.0371. The van der Waals surface area contributed by atoms with Gasteiger partial charge in [-0.3, -0.25) is 14.4 Å². The van der Waals surface area contributed by atoms with Crippen molar-refractivity contribution in [3.63, 3.8) is 0 Å². The number of Topliss-reactive ketones (excluding diaryl/α,β-unsaturated/α-hetero) is 2. The van der Waals surface area contributed by atoms with Gasteiger partial charge in [0.2, 0.25) is 5.91 Å². The molecule has 0 radical (unpaired) electrons. The summed E-state index contributed by atoms with van der Waals surface area (Å²) < 4.78 is 11.8. The SMILES string of the molecule is CC(=O)C(C)C.CC(C)C(=O)CCCC[C@@H]1SC[C@@H]2NC(=O)C[C@@H]21.O=C1OC2(c3ccc(O)cc3Oc3cc(O)ccc32)c2ccccc21. The van der Waals surface area contributed by atoms with Crippen LogP contribution in [0.1, 0.15) is 93.8 Å². The number of esters is 1. The minimum atomic E-state index is -1.17. The number of ether oxygens (including phenoxy) is 2. The number of hydrogen-bond donors (Lipinski definition) is 3. The van der Waals surface area contributed by atoms with Gasteiger partial charge in [-0.2, -0.15) is 11.8 Å². The molecule has 3 atom stereocenters. The van der Waals surface area contributed by atoms with Crippen molar-refractivity contribution in [3.8, 4) is 23.0 Å². The Balaban J connectivity index is 0.000000171. The van der Waals surface area contributed by atoms with E-state index in [1.807, 2.05) is 51.6 Å². The summed E-state index contributed by atoms with van der Waals surface area (Å²) in [5.74, 6) is 3.28. The quantitative estimate of drug-likeness (QED) is 0.173. The zero-order valence-electron chi connectivity index (χ0n) is 28.7. The summed E-state index contributed by atoms with van der Waals surface area (Å²) >= 11 is 2.00. The van der Waals surface area contributed by atoms with Gasteiger partial charge in [-0.1, -0.05) is 52.3 Å². The van der Waals surface area contributed by atoms with E-state index in [4.69, 9.17) is 9.47 Å². The van der Waals surface area contributed by atoms with Crippen LogP contribution in [0.3, 0.4) is 0 Å². The van der Waals surface area contributed by atoms with E-state index in [-0.39, 0.29) is 35.0 Å². The third-order valence-corrected chi connectivity index (χ3v) is 11.1. The number of phenols is 2. The monoisotopic (exact) mass is 687 g/mol. The number of rotatable bonds is 7. The molecule has 4 heterocycles. The van der Waals surface area contributed by atoms with Gasteiger partial charge in [0.1, 0.15) is 34.6 Å². The largest absolute Gasteiger partial charge is 0.508 e. The van der Waals surface area contributed by atoms with Crippen LogP contribution in [-0.4, -0.2) is 50.7 Å². The van der Waals surface area contributed by atoms with Crippen molar-refractivity contribution >= 4 is 35.2 Å². The van der Waals surface area contributed by atoms with Crippen molar-refractivity contribution in [2.75, 3.05) is 5.75 Å². The summed E-state index contributed by atoms with van der Waals surface area (Å²) in [6.07, 6.45) is 4.72. The maximum absolute atomic E-state index is 12.5. The highest BCUT2D eigenvalue weighted by Crippen LogP contribution is 2.56. The number of aromatic hydroxyl groups is 2. The van der Waals surface area contributed by atoms with Gasteiger partial charge in [-0.05, 0) is 50.1 Å². The first-order valence-electron chi connectivity index (χ1n) is 16.9. The highest BCUT2D eigenvalue weighted by molar-refractivity contribution is 8.00. The predicted octanol–water partition coefficient (Wildman–Crippen LogP) is 7.29. The van der Waals surface area contributed by atoms with Gasteiger partial charge in [0, 0.05) is 76.5 Å². The molecule has 3 aromatic rings. The number of phenolic OH excluding ortho intramolecular Hbond substituents is 2. The van der Waals surface area contributed by atoms with Crippen LogP contribution in [0.15, 0.2) is 60.7 Å². The van der Waals surface area contributed by atoms with Crippen LogP contribution in [0, 0.1) is 17.8 Å². The number of unbranched alkanes of at least 4 members (excludes halogenated alkanes) is 1. The Morgan fingerprint density at radius 2 is 1.51 bits per heavy atom. The zero-order chi connectivity index (χ0) is 35.5. The van der Waals surface area contributed by atoms with Crippen molar-refractivity contribution in [2.24, 2.45) is 17.8 Å². The standard InChI is InChI=1S/C20H12O5.C14H23NO2S.C5H10O/c21-11-5-7-15-17(9-11)24-18-10-12(22)6-8-16(18)20(15)14-4-2-1-3-13(14)19(23)25-20;1-9(2)12(16)5-3-4-6-13-10-7-14(17)15-11(10)8-18-13;1-4(2)5(3)6/h1-10,21-22H;9-11,13H,3-8H2,1-2H3,(H,15,17);4H,1-3H3/t;10-,11-,13-;/m.0./s1. The summed E-state index contributed by atoms with van der Waals surface area (Å²) in [6, 6.07) is 17.0. The third kappa shape index (κ3) is 7.64. The van der Waals surface area contributed by atoms with E-state index in [0.717, 1.165) is 31.4 Å². The van der Waals surface area contributed by atoms with Crippen LogP contribution < -0.4 is 10.1 Å². The number of thioether (sulfide) groups is 1. The number of fused-ring (bicyclic) bond motifs is 7. The fraction of sp³-hybridized carbons (Fsp3) is 0.436. The molecule has 7 rings (SSSR count). The molecule has 10 heteroatoms. The molecule has 2 fully saturated rings. The first-order valence-corrected chi connectivity index (χ1v) is 18.0. The van der Waals surface area contributed by atoms with Crippen LogP contribution in [0.5, 0.6) is 23.0 Å². The third-order valence-electron chi connectivity index (χ3n) is 9.55. The van der Waals surface area contributed by atoms with E-state index in [2.05, 4.69) is 5.32 Å². The van der Waals surface area contributed by atoms with E-state index in [1.165, 1.54) is 24.3 Å². The molecular formula is C39H45NO8S. The smallest absolute Gasteiger partial charge is 0.340 e. The van der Waals surface area contributed by atoms with Crippen molar-refractivity contribution in [1.29, 1.82) is 0 Å². The van der Waals surface area contributed by atoms with Crippen molar-refractivity contribution < 1.29 is 38.9 Å². The van der Waals surface area contributed by atoms with Gasteiger partial charge in [0.25, 0.3) is 0 Å². The molecule has 49 heavy (non-hydrogen) atoms. The second-order valence-corrected chi connectivity index (χ2v) is 14.9. The summed E-state index contributed by atoms with van der Waals surface area (Å²) in [4.78, 5) is 45.5. The minimum Gasteiger partial charge on any atom is -0.508 e. The van der Waals surface area contributed by atoms with Crippen LogP contribution in [0.4, 0.5) is 0 Å². The number of carbonyl (C=O) groups excluding carboxylic acids is 4. The number of carbonyl (C=O) groups is 4. The Morgan fingerprint density at radius 3 is 2.10 bits per heavy atom. The van der Waals surface area contributed by atoms with Crippen LogP contribution >= 0.6 is 11.8 Å². The predicted molar refractivity (Wildman–Crippen MR) is 188 cm³/mol. The first-order chi connectivity index (χ1) is 23.3. The summed E-state index contributed by atoms with van der Waals surface area (Å²) in [6.45, 7) is 9.32. The molecule has 9 nitrogen and oxygen atoms in total. The molecular weight excluding hydrogens is 642 g/mol. The molecule has 0 aromatic heterocycles. The number of hydrogen-bond acceptors (Lipinski definition) is 9. The number of nitrogens with one attached hydrogen (secondary N) is 1. The Bertz CT molecular complexity index is 1680. The van der Waals surface area contributed by atoms with Crippen molar-refractivity contribution in [1.82, 2.24) is 5.32 Å². The molecule has 1 amide bonds. The second-order valence-electron chi connectivity index (χ2n) is 13.6. The maximum atomic E-state index is 12.5. The summed E-state index contributed by atoms with van der Waals surface area (Å²) in [5, 5.41) is 23.3. The van der Waals surface area contributed by atoms with Gasteiger partial charge in [0.15, 0.2) is 5.60 Å². The van der Waals surface area contributed by atoms with Crippen molar-refractivity contribution in [3.05, 3.63) is 82.9 Å². The van der Waals surface area contributed by atoms with Gasteiger partial charge in [-0.25, -0.2) is 4.79 Å². The zero-order valence-corrected chi connectivity index (χ0v) is 29.5. The van der Waals surface area contributed by atoms with E-state index in [0.29, 0.717) is 63.2 Å². The van der Waals surface area contributed by atoms with Gasteiger partial charge in [-0.15, -0.1) is 0 Å². The normalized spacial score (nSPS) is 20.4. The Hall–Kier alpha value is -4.31. The fourth-order valence-electron chi connectivity index (χ4n) is 6.52. The molecule has 4 aliphatic heterocycles. The van der Waals surface area contributed by atoms with Crippen LogP contribution in [0.2, 0.25) is 0 Å². The van der Waals surface area contributed by atoms with Crippen LogP contribution in [-0.2, 0) is 24.7 Å². The van der Waals surface area contributed by atoms with Gasteiger partial charge >= 0.3 is 5.97 Å². The van der Waals surface area contributed by atoms with Crippen LogP contribution in [0.25, 0.3) is 0 Å². The number of amides is 1. The van der Waals surface area contributed by atoms with Gasteiger partial charge in [0.05, 0.1) is 5.56 Å². The van der Waals surface area contributed by atoms with Gasteiger partial charge < -0.3 is 25.0 Å². The first kappa shape index (κ1) is 36.0. The topological polar surface area (TPSA) is 139 Å². The van der Waals surface area contributed by atoms with E-state index >= 15 is 0 Å².